The van der Waals surface area contributed by atoms with Crippen molar-refractivity contribution in [2.24, 2.45) is 0 Å². The summed E-state index contributed by atoms with van der Waals surface area (Å²) in [5, 5.41) is 11.0. The van der Waals surface area contributed by atoms with E-state index in [0.717, 1.165) is 6.07 Å². The first-order chi connectivity index (χ1) is 15.7. The van der Waals surface area contributed by atoms with Crippen molar-refractivity contribution >= 4 is 17.5 Å². The number of nitrogens with one attached hydrogen (secondary N) is 1. The Morgan fingerprint density at radius 2 is 2.03 bits per heavy atom. The van der Waals surface area contributed by atoms with Crippen molar-refractivity contribution in [2.75, 3.05) is 6.61 Å². The van der Waals surface area contributed by atoms with Gasteiger partial charge in [0.2, 0.25) is 5.89 Å². The number of amides is 1. The lowest BCUT2D eigenvalue weighted by molar-refractivity contribution is -0.127. The van der Waals surface area contributed by atoms with E-state index in [-0.39, 0.29) is 29.4 Å². The summed E-state index contributed by atoms with van der Waals surface area (Å²) in [6.45, 7) is 3.65. The van der Waals surface area contributed by atoms with Gasteiger partial charge in [-0.25, -0.2) is 4.39 Å². The van der Waals surface area contributed by atoms with Gasteiger partial charge in [-0.05, 0) is 50.1 Å². The Labute approximate surface area is 195 Å². The molecule has 4 rings (SSSR count). The smallest absolute Gasteiger partial charge is 0.420 e. The molecule has 0 saturated heterocycles. The predicted octanol–water partition coefficient (Wildman–Crippen LogP) is 4.64. The molecule has 170 valence electrons. The summed E-state index contributed by atoms with van der Waals surface area (Å²) in [6.07, 6.45) is 6.58. The summed E-state index contributed by atoms with van der Waals surface area (Å²) in [7, 11) is 0. The Hall–Kier alpha value is -3.57. The van der Waals surface area contributed by atoms with Crippen molar-refractivity contribution in [3.63, 3.8) is 0 Å². The second-order valence-electron chi connectivity index (χ2n) is 8.53. The van der Waals surface area contributed by atoms with E-state index < -0.39 is 16.8 Å². The molecule has 1 aliphatic carbocycles. The minimum absolute atomic E-state index is 0.0104. The average Bonchev–Trinajstić information content (AvgIpc) is 3.22. The predicted molar refractivity (Wildman–Crippen MR) is 119 cm³/mol. The van der Waals surface area contributed by atoms with Crippen LogP contribution in [0, 0.1) is 18.2 Å². The van der Waals surface area contributed by atoms with Crippen LogP contribution in [0.25, 0.3) is 0 Å². The van der Waals surface area contributed by atoms with Crippen LogP contribution >= 0.6 is 11.6 Å². The lowest BCUT2D eigenvalue weighted by atomic mass is 9.59. The molecule has 0 bridgehead atoms. The standard InChI is InChI=1S/C24H21ClFN3O4/c1-4-15-6-5-7-17(10-15)32-22-29-28-21(33-22)23(2)13-24(3,14-23)27-20(30)12-31-16-8-9-18(25)19(26)11-16/h1,5-11H,12-14H2,2-3H3,(H,27,30). The summed E-state index contributed by atoms with van der Waals surface area (Å²) in [6, 6.07) is 11.0. The molecule has 1 fully saturated rings. The molecule has 1 amide bonds. The molecule has 1 saturated carbocycles. The third kappa shape index (κ3) is 5.10. The molecule has 2 aromatic carbocycles. The van der Waals surface area contributed by atoms with E-state index in [1.165, 1.54) is 12.1 Å². The van der Waals surface area contributed by atoms with Gasteiger partial charge in [0.15, 0.2) is 6.61 Å². The molecule has 0 aliphatic heterocycles. The van der Waals surface area contributed by atoms with E-state index in [1.807, 2.05) is 13.8 Å². The highest BCUT2D eigenvalue weighted by Gasteiger charge is 2.53. The van der Waals surface area contributed by atoms with Crippen LogP contribution in [0.4, 0.5) is 4.39 Å². The highest BCUT2D eigenvalue weighted by atomic mass is 35.5. The molecular weight excluding hydrogens is 449 g/mol. The van der Waals surface area contributed by atoms with Gasteiger partial charge in [0.1, 0.15) is 17.3 Å². The molecule has 7 nitrogen and oxygen atoms in total. The normalized spacial score (nSPS) is 21.5. The van der Waals surface area contributed by atoms with Gasteiger partial charge in [-0.15, -0.1) is 11.5 Å². The van der Waals surface area contributed by atoms with Gasteiger partial charge in [-0.1, -0.05) is 35.6 Å². The molecule has 0 spiro atoms. The lowest BCUT2D eigenvalue weighted by Gasteiger charge is -2.51. The number of benzene rings is 2. The van der Waals surface area contributed by atoms with Crippen molar-refractivity contribution in [2.45, 2.75) is 37.6 Å². The largest absolute Gasteiger partial charge is 0.484 e. The average molecular weight is 470 g/mol. The van der Waals surface area contributed by atoms with Gasteiger partial charge in [0.05, 0.1) is 10.4 Å². The van der Waals surface area contributed by atoms with E-state index >= 15 is 0 Å². The maximum atomic E-state index is 13.5. The zero-order valence-corrected chi connectivity index (χ0v) is 18.8. The second-order valence-corrected chi connectivity index (χ2v) is 8.94. The second kappa shape index (κ2) is 8.75. The molecule has 0 unspecified atom stereocenters. The number of ether oxygens (including phenoxy) is 2. The van der Waals surface area contributed by atoms with E-state index in [0.29, 0.717) is 30.0 Å². The van der Waals surface area contributed by atoms with E-state index in [1.54, 1.807) is 24.3 Å². The highest BCUT2D eigenvalue weighted by Crippen LogP contribution is 2.49. The SMILES string of the molecule is C#Cc1cccc(Oc2nnc(C3(C)CC(C)(NC(=O)COc4ccc(Cl)c(F)c4)C3)o2)c1. The number of carbonyl (C=O) groups excluding carboxylic acids is 1. The van der Waals surface area contributed by atoms with Crippen LogP contribution in [0.5, 0.6) is 17.6 Å². The molecule has 1 N–H and O–H groups in total. The Morgan fingerprint density at radius 1 is 1.24 bits per heavy atom. The van der Waals surface area contributed by atoms with Gasteiger partial charge < -0.3 is 19.2 Å². The van der Waals surface area contributed by atoms with E-state index in [4.69, 9.17) is 31.9 Å². The number of hydrogen-bond acceptors (Lipinski definition) is 6. The minimum Gasteiger partial charge on any atom is -0.484 e. The number of terminal acetylenes is 1. The number of nitrogens with zero attached hydrogens (tertiary/aromatic N) is 2. The van der Waals surface area contributed by atoms with Crippen LogP contribution in [0.2, 0.25) is 5.02 Å². The maximum absolute atomic E-state index is 13.5. The zero-order valence-electron chi connectivity index (χ0n) is 18.0. The minimum atomic E-state index is -0.608. The summed E-state index contributed by atoms with van der Waals surface area (Å²) < 4.78 is 30.2. The van der Waals surface area contributed by atoms with Crippen molar-refractivity contribution in [1.82, 2.24) is 15.5 Å². The van der Waals surface area contributed by atoms with Crippen molar-refractivity contribution in [3.8, 4) is 29.9 Å². The molecule has 0 atom stereocenters. The fourth-order valence-electron chi connectivity index (χ4n) is 4.24. The third-order valence-electron chi connectivity index (χ3n) is 5.39. The van der Waals surface area contributed by atoms with Crippen molar-refractivity contribution in [3.05, 3.63) is 64.8 Å². The molecule has 9 heteroatoms. The first-order valence-corrected chi connectivity index (χ1v) is 10.5. The van der Waals surface area contributed by atoms with Crippen LogP contribution in [0.1, 0.15) is 38.1 Å². The van der Waals surface area contributed by atoms with Crippen LogP contribution in [-0.4, -0.2) is 28.3 Å². The quantitative estimate of drug-likeness (QED) is 0.507. The Balaban J connectivity index is 1.31. The number of carbonyl (C=O) groups is 1. The first kappa shape index (κ1) is 22.6. The summed E-state index contributed by atoms with van der Waals surface area (Å²) in [4.78, 5) is 12.3. The molecule has 0 radical (unpaired) electrons. The fraction of sp³-hybridized carbons (Fsp3) is 0.292. The van der Waals surface area contributed by atoms with Crippen molar-refractivity contribution < 1.29 is 23.1 Å². The van der Waals surface area contributed by atoms with Crippen LogP contribution in [-0.2, 0) is 10.2 Å². The van der Waals surface area contributed by atoms with Gasteiger partial charge in [-0.3, -0.25) is 4.79 Å². The van der Waals surface area contributed by atoms with Crippen LogP contribution < -0.4 is 14.8 Å². The molecule has 1 heterocycles. The van der Waals surface area contributed by atoms with Gasteiger partial charge in [0.25, 0.3) is 5.91 Å². The van der Waals surface area contributed by atoms with E-state index in [2.05, 4.69) is 21.4 Å². The molecular formula is C24H21ClFN3O4. The zero-order chi connectivity index (χ0) is 23.6. The molecule has 1 aliphatic rings. The van der Waals surface area contributed by atoms with Gasteiger partial charge >= 0.3 is 6.08 Å². The fourth-order valence-corrected chi connectivity index (χ4v) is 4.36. The third-order valence-corrected chi connectivity index (χ3v) is 5.70. The summed E-state index contributed by atoms with van der Waals surface area (Å²) >= 11 is 5.65. The Bertz CT molecular complexity index is 1230. The van der Waals surface area contributed by atoms with E-state index in [9.17, 15) is 9.18 Å². The monoisotopic (exact) mass is 469 g/mol. The number of hydrogen-bond donors (Lipinski definition) is 1. The first-order valence-electron chi connectivity index (χ1n) is 10.2. The summed E-state index contributed by atoms with van der Waals surface area (Å²) in [5.74, 6) is 2.75. The van der Waals surface area contributed by atoms with Crippen LogP contribution in [0.3, 0.4) is 0 Å². The van der Waals surface area contributed by atoms with Crippen LogP contribution in [0.15, 0.2) is 46.9 Å². The summed E-state index contributed by atoms with van der Waals surface area (Å²) in [5.41, 5.74) is -0.219. The lowest BCUT2D eigenvalue weighted by Crippen LogP contribution is -2.61. The molecule has 1 aromatic heterocycles. The highest BCUT2D eigenvalue weighted by molar-refractivity contribution is 6.30. The van der Waals surface area contributed by atoms with Gasteiger partial charge in [0, 0.05) is 17.2 Å². The number of aromatic nitrogens is 2. The Morgan fingerprint density at radius 3 is 2.76 bits per heavy atom. The number of rotatable bonds is 7. The van der Waals surface area contributed by atoms with Crippen molar-refractivity contribution in [1.29, 1.82) is 0 Å². The number of halogens is 2. The molecule has 3 aromatic rings. The molecule has 33 heavy (non-hydrogen) atoms. The van der Waals surface area contributed by atoms with Gasteiger partial charge in [-0.2, -0.15) is 0 Å². The Kier molecular flexibility index (Phi) is 6.00. The maximum Gasteiger partial charge on any atom is 0.420 e. The topological polar surface area (TPSA) is 86.5 Å².